The van der Waals surface area contributed by atoms with Crippen LogP contribution >= 0.6 is 11.6 Å². The second-order valence-corrected chi connectivity index (χ2v) is 4.51. The van der Waals surface area contributed by atoms with Crippen LogP contribution < -0.4 is 5.32 Å². The third kappa shape index (κ3) is 2.90. The van der Waals surface area contributed by atoms with Gasteiger partial charge >= 0.3 is 0 Å². The molecule has 0 saturated carbocycles. The Morgan fingerprint density at radius 2 is 2.17 bits per heavy atom. The van der Waals surface area contributed by atoms with Crippen molar-refractivity contribution >= 4 is 23.2 Å². The van der Waals surface area contributed by atoms with Crippen LogP contribution in [0, 0.1) is 13.8 Å². The molecule has 1 N–H and O–H groups in total. The number of hydrogen-bond donors (Lipinski definition) is 1. The number of anilines is 1. The summed E-state index contributed by atoms with van der Waals surface area (Å²) >= 11 is 5.80. The summed E-state index contributed by atoms with van der Waals surface area (Å²) in [7, 11) is 0. The monoisotopic (exact) mass is 263 g/mol. The standard InChI is InChI=1S/C13H14ClN3O/c1-9-3-4-11(7-10(9)2)16-12(18)8-17-6-5-15-13(17)14/h3-7H,8H2,1-2H3,(H,16,18). The average molecular weight is 264 g/mol. The Balaban J connectivity index is 2.03. The van der Waals surface area contributed by atoms with Crippen LogP contribution in [0.5, 0.6) is 0 Å². The Bertz CT molecular complexity index is 577. The first-order valence-electron chi connectivity index (χ1n) is 5.60. The molecule has 0 saturated heterocycles. The van der Waals surface area contributed by atoms with Crippen molar-refractivity contribution in [3.8, 4) is 0 Å². The van der Waals surface area contributed by atoms with Gasteiger partial charge in [-0.25, -0.2) is 4.98 Å². The summed E-state index contributed by atoms with van der Waals surface area (Å²) in [6.45, 7) is 4.20. The molecule has 0 unspecified atom stereocenters. The fraction of sp³-hybridized carbons (Fsp3) is 0.231. The first-order chi connectivity index (χ1) is 8.56. The van der Waals surface area contributed by atoms with Crippen LogP contribution in [-0.4, -0.2) is 15.5 Å². The molecule has 2 rings (SSSR count). The first-order valence-corrected chi connectivity index (χ1v) is 5.98. The Hall–Kier alpha value is -1.81. The van der Waals surface area contributed by atoms with E-state index in [0.29, 0.717) is 5.28 Å². The molecule has 0 aliphatic rings. The summed E-state index contributed by atoms with van der Waals surface area (Å²) < 4.78 is 1.58. The lowest BCUT2D eigenvalue weighted by molar-refractivity contribution is -0.116. The molecule has 0 fully saturated rings. The summed E-state index contributed by atoms with van der Waals surface area (Å²) in [4.78, 5) is 15.7. The maximum Gasteiger partial charge on any atom is 0.244 e. The van der Waals surface area contributed by atoms with E-state index in [1.165, 1.54) is 5.56 Å². The number of carbonyl (C=O) groups is 1. The quantitative estimate of drug-likeness (QED) is 0.926. The van der Waals surface area contributed by atoms with Crippen LogP contribution in [0.25, 0.3) is 0 Å². The molecule has 0 bridgehead atoms. The lowest BCUT2D eigenvalue weighted by atomic mass is 10.1. The normalized spacial score (nSPS) is 10.4. The molecular weight excluding hydrogens is 250 g/mol. The summed E-state index contributed by atoms with van der Waals surface area (Å²) in [6.07, 6.45) is 3.23. The number of rotatable bonds is 3. The number of aryl methyl sites for hydroxylation is 2. The maximum atomic E-state index is 11.8. The van der Waals surface area contributed by atoms with Crippen LogP contribution in [0.3, 0.4) is 0 Å². The third-order valence-electron chi connectivity index (χ3n) is 2.77. The van der Waals surface area contributed by atoms with E-state index >= 15 is 0 Å². The molecule has 1 amide bonds. The zero-order chi connectivity index (χ0) is 13.1. The number of hydrogen-bond acceptors (Lipinski definition) is 2. The SMILES string of the molecule is Cc1ccc(NC(=O)Cn2ccnc2Cl)cc1C. The van der Waals surface area contributed by atoms with Gasteiger partial charge in [-0.1, -0.05) is 6.07 Å². The summed E-state index contributed by atoms with van der Waals surface area (Å²) in [6, 6.07) is 5.81. The van der Waals surface area contributed by atoms with Crippen molar-refractivity contribution in [1.29, 1.82) is 0 Å². The van der Waals surface area contributed by atoms with Gasteiger partial charge in [0.25, 0.3) is 0 Å². The highest BCUT2D eigenvalue weighted by atomic mass is 35.5. The number of amides is 1. The van der Waals surface area contributed by atoms with Crippen LogP contribution in [0.2, 0.25) is 5.28 Å². The molecule has 0 aliphatic carbocycles. The minimum absolute atomic E-state index is 0.127. The molecule has 94 valence electrons. The highest BCUT2D eigenvalue weighted by Gasteiger charge is 2.06. The molecule has 1 heterocycles. The molecule has 1 aromatic carbocycles. The molecule has 1 aromatic heterocycles. The number of nitrogens with zero attached hydrogens (tertiary/aromatic N) is 2. The molecule has 2 aromatic rings. The third-order valence-corrected chi connectivity index (χ3v) is 3.08. The predicted octanol–water partition coefficient (Wildman–Crippen LogP) is 2.79. The van der Waals surface area contributed by atoms with Gasteiger partial charge in [0.2, 0.25) is 11.2 Å². The highest BCUT2D eigenvalue weighted by Crippen LogP contribution is 2.14. The largest absolute Gasteiger partial charge is 0.325 e. The number of benzene rings is 1. The Morgan fingerprint density at radius 1 is 1.39 bits per heavy atom. The van der Waals surface area contributed by atoms with Gasteiger partial charge in [-0.15, -0.1) is 0 Å². The number of carbonyl (C=O) groups excluding carboxylic acids is 1. The molecule has 0 aliphatic heterocycles. The van der Waals surface area contributed by atoms with Crippen molar-refractivity contribution in [2.45, 2.75) is 20.4 Å². The van der Waals surface area contributed by atoms with Gasteiger partial charge in [0.05, 0.1) is 0 Å². The zero-order valence-electron chi connectivity index (χ0n) is 10.3. The van der Waals surface area contributed by atoms with E-state index in [-0.39, 0.29) is 12.5 Å². The van der Waals surface area contributed by atoms with Gasteiger partial charge in [0.1, 0.15) is 6.54 Å². The lowest BCUT2D eigenvalue weighted by Crippen LogP contribution is -2.18. The van der Waals surface area contributed by atoms with Gasteiger partial charge in [-0.2, -0.15) is 0 Å². The van der Waals surface area contributed by atoms with Crippen molar-refractivity contribution in [1.82, 2.24) is 9.55 Å². The smallest absolute Gasteiger partial charge is 0.244 e. The molecule has 5 heteroatoms. The van der Waals surface area contributed by atoms with Gasteiger partial charge in [-0.3, -0.25) is 4.79 Å². The van der Waals surface area contributed by atoms with E-state index in [1.807, 2.05) is 32.0 Å². The molecule has 0 radical (unpaired) electrons. The molecule has 0 atom stereocenters. The first kappa shape index (κ1) is 12.6. The number of halogens is 1. The van der Waals surface area contributed by atoms with Gasteiger partial charge in [0, 0.05) is 18.1 Å². The average Bonchev–Trinajstić information content (AvgIpc) is 2.70. The fourth-order valence-electron chi connectivity index (χ4n) is 1.60. The van der Waals surface area contributed by atoms with Crippen molar-refractivity contribution in [3.05, 3.63) is 47.0 Å². The molecule has 18 heavy (non-hydrogen) atoms. The van der Waals surface area contributed by atoms with Crippen LogP contribution in [0.15, 0.2) is 30.6 Å². The van der Waals surface area contributed by atoms with Gasteiger partial charge < -0.3 is 9.88 Å². The van der Waals surface area contributed by atoms with E-state index in [4.69, 9.17) is 11.6 Å². The van der Waals surface area contributed by atoms with Crippen LogP contribution in [0.4, 0.5) is 5.69 Å². The topological polar surface area (TPSA) is 46.9 Å². The van der Waals surface area contributed by atoms with E-state index in [9.17, 15) is 4.79 Å². The van der Waals surface area contributed by atoms with E-state index in [2.05, 4.69) is 10.3 Å². The summed E-state index contributed by atoms with van der Waals surface area (Å²) in [5.74, 6) is -0.127. The molecule has 4 nitrogen and oxygen atoms in total. The Morgan fingerprint density at radius 3 is 2.78 bits per heavy atom. The summed E-state index contributed by atoms with van der Waals surface area (Å²) in [5, 5.41) is 3.14. The van der Waals surface area contributed by atoms with E-state index in [0.717, 1.165) is 11.3 Å². The summed E-state index contributed by atoms with van der Waals surface area (Å²) in [5.41, 5.74) is 3.14. The van der Waals surface area contributed by atoms with Crippen LogP contribution in [-0.2, 0) is 11.3 Å². The minimum atomic E-state index is -0.127. The second-order valence-electron chi connectivity index (χ2n) is 4.17. The Labute approximate surface area is 111 Å². The molecular formula is C13H14ClN3O. The van der Waals surface area contributed by atoms with Crippen LogP contribution in [0.1, 0.15) is 11.1 Å². The van der Waals surface area contributed by atoms with E-state index in [1.54, 1.807) is 17.0 Å². The zero-order valence-corrected chi connectivity index (χ0v) is 11.0. The highest BCUT2D eigenvalue weighted by molar-refractivity contribution is 6.28. The number of imidazole rings is 1. The van der Waals surface area contributed by atoms with Gasteiger partial charge in [-0.05, 0) is 48.7 Å². The maximum absolute atomic E-state index is 11.8. The predicted molar refractivity (Wildman–Crippen MR) is 71.8 cm³/mol. The Kier molecular flexibility index (Phi) is 3.67. The van der Waals surface area contributed by atoms with Gasteiger partial charge in [0.15, 0.2) is 0 Å². The molecule has 0 spiro atoms. The van der Waals surface area contributed by atoms with E-state index < -0.39 is 0 Å². The minimum Gasteiger partial charge on any atom is -0.325 e. The lowest BCUT2D eigenvalue weighted by Gasteiger charge is -2.08. The van der Waals surface area contributed by atoms with Crippen molar-refractivity contribution in [3.63, 3.8) is 0 Å². The number of nitrogens with one attached hydrogen (secondary N) is 1. The van der Waals surface area contributed by atoms with Crippen molar-refractivity contribution in [2.24, 2.45) is 0 Å². The number of aromatic nitrogens is 2. The van der Waals surface area contributed by atoms with Crippen molar-refractivity contribution < 1.29 is 4.79 Å². The van der Waals surface area contributed by atoms with Crippen molar-refractivity contribution in [2.75, 3.05) is 5.32 Å². The second kappa shape index (κ2) is 5.23. The fourth-order valence-corrected chi connectivity index (χ4v) is 1.78.